The average Bonchev–Trinajstić information content (AvgIpc) is 2.64. The summed E-state index contributed by atoms with van der Waals surface area (Å²) in [4.78, 5) is 11.0. The molecule has 18 heavy (non-hydrogen) atoms. The second-order valence-corrected chi connectivity index (χ2v) is 4.87. The maximum atomic E-state index is 11.5. The molecule has 0 bridgehead atoms. The molecular formula is C9H16N4O4S. The van der Waals surface area contributed by atoms with E-state index in [1.807, 2.05) is 6.92 Å². The van der Waals surface area contributed by atoms with Crippen molar-refractivity contribution in [2.45, 2.75) is 26.7 Å². The molecule has 102 valence electrons. The number of carbonyl (C=O) groups is 1. The van der Waals surface area contributed by atoms with Crippen molar-refractivity contribution in [3.05, 3.63) is 11.8 Å². The number of rotatable bonds is 6. The first-order chi connectivity index (χ1) is 8.46. The van der Waals surface area contributed by atoms with Gasteiger partial charge in [0.2, 0.25) is 0 Å². The zero-order valence-electron chi connectivity index (χ0n) is 10.2. The minimum Gasteiger partial charge on any atom is -0.449 e. The van der Waals surface area contributed by atoms with Gasteiger partial charge in [0.1, 0.15) is 0 Å². The van der Waals surface area contributed by atoms with Gasteiger partial charge in [-0.2, -0.15) is 13.5 Å². The Labute approximate surface area is 105 Å². The molecule has 0 aliphatic carbocycles. The number of carbonyl (C=O) groups excluding carboxylic acids is 1. The number of aryl methyl sites for hydroxylation is 1. The van der Waals surface area contributed by atoms with Crippen LogP contribution < -0.4 is 9.44 Å². The van der Waals surface area contributed by atoms with Gasteiger partial charge in [-0.1, -0.05) is 13.3 Å². The lowest BCUT2D eigenvalue weighted by molar-refractivity contribution is 0.159. The van der Waals surface area contributed by atoms with E-state index in [0.717, 1.165) is 18.5 Å². The van der Waals surface area contributed by atoms with E-state index < -0.39 is 16.3 Å². The normalized spacial score (nSPS) is 11.0. The number of hydrogen-bond acceptors (Lipinski definition) is 5. The number of ether oxygens (including phenoxy) is 1. The van der Waals surface area contributed by atoms with Crippen molar-refractivity contribution in [3.8, 4) is 0 Å². The second-order valence-electron chi connectivity index (χ2n) is 3.46. The molecule has 0 saturated carbocycles. The van der Waals surface area contributed by atoms with Gasteiger partial charge >= 0.3 is 16.3 Å². The van der Waals surface area contributed by atoms with Gasteiger partial charge in [-0.25, -0.2) is 14.2 Å². The summed E-state index contributed by atoms with van der Waals surface area (Å²) in [6.45, 7) is 3.65. The van der Waals surface area contributed by atoms with Gasteiger partial charge in [-0.3, -0.25) is 5.10 Å². The molecule has 1 rings (SSSR count). The molecule has 0 aromatic carbocycles. The van der Waals surface area contributed by atoms with Gasteiger partial charge in [-0.15, -0.1) is 0 Å². The van der Waals surface area contributed by atoms with Crippen molar-refractivity contribution >= 4 is 22.1 Å². The van der Waals surface area contributed by atoms with Crippen LogP contribution in [0.2, 0.25) is 0 Å². The fourth-order valence-electron chi connectivity index (χ4n) is 1.24. The minimum absolute atomic E-state index is 0.0877. The number of H-pyrrole nitrogens is 1. The van der Waals surface area contributed by atoms with Crippen LogP contribution in [0, 0.1) is 0 Å². The predicted molar refractivity (Wildman–Crippen MR) is 65.3 cm³/mol. The number of nitrogens with one attached hydrogen (secondary N) is 3. The van der Waals surface area contributed by atoms with Gasteiger partial charge in [0.25, 0.3) is 0 Å². The molecule has 0 atom stereocenters. The molecule has 1 aromatic rings. The first-order valence-corrected chi connectivity index (χ1v) is 6.96. The summed E-state index contributed by atoms with van der Waals surface area (Å²) in [5, 5.41) is 6.45. The molecule has 0 radical (unpaired) electrons. The molecule has 1 amide bonds. The topological polar surface area (TPSA) is 113 Å². The summed E-state index contributed by atoms with van der Waals surface area (Å²) in [6.07, 6.45) is 0.643. The summed E-state index contributed by atoms with van der Waals surface area (Å²) >= 11 is 0. The third-order valence-corrected chi connectivity index (χ3v) is 2.80. The van der Waals surface area contributed by atoms with E-state index in [1.54, 1.807) is 17.7 Å². The van der Waals surface area contributed by atoms with Crippen molar-refractivity contribution in [1.82, 2.24) is 14.9 Å². The van der Waals surface area contributed by atoms with Gasteiger partial charge in [0.05, 0.1) is 6.61 Å². The molecule has 0 unspecified atom stereocenters. The Morgan fingerprint density at radius 3 is 2.83 bits per heavy atom. The summed E-state index contributed by atoms with van der Waals surface area (Å²) in [5.74, 6) is 0.121. The van der Waals surface area contributed by atoms with E-state index >= 15 is 0 Å². The summed E-state index contributed by atoms with van der Waals surface area (Å²) in [7, 11) is -4.01. The second kappa shape index (κ2) is 6.24. The predicted octanol–water partition coefficient (Wildman–Crippen LogP) is 0.765. The van der Waals surface area contributed by atoms with E-state index in [9.17, 15) is 13.2 Å². The van der Waals surface area contributed by atoms with Crippen LogP contribution in [0.15, 0.2) is 6.07 Å². The number of nitrogens with zero attached hydrogens (tertiary/aromatic N) is 1. The molecule has 8 nitrogen and oxygen atoms in total. The van der Waals surface area contributed by atoms with Crippen molar-refractivity contribution in [2.75, 3.05) is 11.3 Å². The Balaban J connectivity index is 2.61. The number of aromatic nitrogens is 2. The summed E-state index contributed by atoms with van der Waals surface area (Å²) < 4.78 is 31.2. The number of amides is 1. The van der Waals surface area contributed by atoms with Crippen LogP contribution in [0.1, 0.15) is 26.0 Å². The highest BCUT2D eigenvalue weighted by atomic mass is 32.2. The van der Waals surface area contributed by atoms with Crippen LogP contribution in [-0.4, -0.2) is 31.3 Å². The Kier molecular flexibility index (Phi) is 4.95. The van der Waals surface area contributed by atoms with Gasteiger partial charge in [0.15, 0.2) is 5.82 Å². The summed E-state index contributed by atoms with van der Waals surface area (Å²) in [6, 6.07) is 1.56. The average molecular weight is 276 g/mol. The molecule has 0 fully saturated rings. The van der Waals surface area contributed by atoms with Crippen LogP contribution in [0.4, 0.5) is 10.6 Å². The van der Waals surface area contributed by atoms with Crippen molar-refractivity contribution in [1.29, 1.82) is 0 Å². The maximum absolute atomic E-state index is 11.5. The molecule has 9 heteroatoms. The van der Waals surface area contributed by atoms with E-state index in [4.69, 9.17) is 0 Å². The molecule has 0 spiro atoms. The lowest BCUT2D eigenvalue weighted by Crippen LogP contribution is -2.35. The molecule has 1 aromatic heterocycles. The molecule has 0 aliphatic heterocycles. The van der Waals surface area contributed by atoms with E-state index in [2.05, 4.69) is 19.7 Å². The van der Waals surface area contributed by atoms with Crippen LogP contribution in [-0.2, 0) is 21.4 Å². The van der Waals surface area contributed by atoms with Gasteiger partial charge in [0, 0.05) is 11.8 Å². The summed E-state index contributed by atoms with van der Waals surface area (Å²) in [5.41, 5.74) is 0.811. The van der Waals surface area contributed by atoms with Crippen LogP contribution >= 0.6 is 0 Å². The Morgan fingerprint density at radius 1 is 1.50 bits per heavy atom. The van der Waals surface area contributed by atoms with Crippen molar-refractivity contribution in [3.63, 3.8) is 0 Å². The Morgan fingerprint density at radius 2 is 2.22 bits per heavy atom. The fraction of sp³-hybridized carbons (Fsp3) is 0.556. The van der Waals surface area contributed by atoms with E-state index in [0.29, 0.717) is 0 Å². The van der Waals surface area contributed by atoms with Gasteiger partial charge < -0.3 is 4.74 Å². The Hall–Kier alpha value is -1.77. The number of hydrogen-bond donors (Lipinski definition) is 3. The van der Waals surface area contributed by atoms with E-state index in [-0.39, 0.29) is 12.4 Å². The molecule has 1 heterocycles. The van der Waals surface area contributed by atoms with Crippen LogP contribution in [0.5, 0.6) is 0 Å². The van der Waals surface area contributed by atoms with Crippen molar-refractivity contribution < 1.29 is 17.9 Å². The standard InChI is InChI=1S/C9H16N4O4S/c1-3-5-7-6-8(11-10-7)12-18(15,16)13-9(14)17-4-2/h6H,3-5H2,1-2H3,(H,13,14)(H2,10,11,12). The number of aromatic amines is 1. The first-order valence-electron chi connectivity index (χ1n) is 5.48. The minimum atomic E-state index is -4.01. The lowest BCUT2D eigenvalue weighted by Gasteiger charge is -2.06. The SMILES string of the molecule is CCCc1cc(NS(=O)(=O)NC(=O)OCC)n[nH]1. The lowest BCUT2D eigenvalue weighted by atomic mass is 10.2. The third-order valence-electron chi connectivity index (χ3n) is 1.88. The monoisotopic (exact) mass is 276 g/mol. The first kappa shape index (κ1) is 14.3. The zero-order chi connectivity index (χ0) is 13.6. The zero-order valence-corrected chi connectivity index (χ0v) is 11.0. The van der Waals surface area contributed by atoms with Gasteiger partial charge in [-0.05, 0) is 13.3 Å². The maximum Gasteiger partial charge on any atom is 0.422 e. The van der Waals surface area contributed by atoms with Crippen LogP contribution in [0.25, 0.3) is 0 Å². The molecule has 0 saturated heterocycles. The smallest absolute Gasteiger partial charge is 0.422 e. The Bertz CT molecular complexity index is 496. The third kappa shape index (κ3) is 4.62. The largest absolute Gasteiger partial charge is 0.449 e. The number of anilines is 1. The molecular weight excluding hydrogens is 260 g/mol. The molecule has 3 N–H and O–H groups in total. The quantitative estimate of drug-likeness (QED) is 0.710. The molecule has 0 aliphatic rings. The fourth-order valence-corrected chi connectivity index (χ4v) is 1.95. The highest BCUT2D eigenvalue weighted by Gasteiger charge is 2.16. The highest BCUT2D eigenvalue weighted by molar-refractivity contribution is 7.91. The van der Waals surface area contributed by atoms with E-state index in [1.165, 1.54) is 0 Å². The highest BCUT2D eigenvalue weighted by Crippen LogP contribution is 2.08. The van der Waals surface area contributed by atoms with Crippen LogP contribution in [0.3, 0.4) is 0 Å². The van der Waals surface area contributed by atoms with Crippen molar-refractivity contribution in [2.24, 2.45) is 0 Å².